The van der Waals surface area contributed by atoms with Crippen molar-refractivity contribution >= 4 is 5.91 Å². The van der Waals surface area contributed by atoms with Crippen LogP contribution in [0.1, 0.15) is 37.7 Å². The zero-order valence-electron chi connectivity index (χ0n) is 17.6. The lowest BCUT2D eigenvalue weighted by molar-refractivity contribution is -0.142. The van der Waals surface area contributed by atoms with E-state index in [1.807, 2.05) is 12.1 Å². The third-order valence-electron chi connectivity index (χ3n) is 6.61. The van der Waals surface area contributed by atoms with E-state index >= 15 is 0 Å². The summed E-state index contributed by atoms with van der Waals surface area (Å²) in [6.45, 7) is 5.13. The highest BCUT2D eigenvalue weighted by Gasteiger charge is 2.49. The Morgan fingerprint density at radius 3 is 2.97 bits per heavy atom. The van der Waals surface area contributed by atoms with E-state index in [0.29, 0.717) is 12.5 Å². The summed E-state index contributed by atoms with van der Waals surface area (Å²) in [5.74, 6) is 1.66. The molecule has 5 nitrogen and oxygen atoms in total. The Labute approximate surface area is 174 Å². The molecule has 5 heteroatoms. The number of likely N-dealkylation sites (tertiary alicyclic amines) is 1. The van der Waals surface area contributed by atoms with Crippen LogP contribution in [0.2, 0.25) is 0 Å². The number of amides is 1. The SMILES string of the molecule is COc1cccc(CC2(C(=O)NCC3=CCCCC3)CN(CC3CCOC3)C2)c1. The van der Waals surface area contributed by atoms with Gasteiger partial charge in [0.1, 0.15) is 5.75 Å². The summed E-state index contributed by atoms with van der Waals surface area (Å²) in [5.41, 5.74) is 2.21. The number of nitrogens with one attached hydrogen (secondary N) is 1. The predicted molar refractivity (Wildman–Crippen MR) is 114 cm³/mol. The van der Waals surface area contributed by atoms with E-state index in [0.717, 1.165) is 64.3 Å². The van der Waals surface area contributed by atoms with E-state index < -0.39 is 0 Å². The Bertz CT molecular complexity index is 733. The van der Waals surface area contributed by atoms with Gasteiger partial charge in [-0.2, -0.15) is 0 Å². The lowest BCUT2D eigenvalue weighted by Crippen LogP contribution is -2.65. The molecular weight excluding hydrogens is 364 g/mol. The Morgan fingerprint density at radius 1 is 1.34 bits per heavy atom. The van der Waals surface area contributed by atoms with Crippen LogP contribution < -0.4 is 10.1 Å². The Hall–Kier alpha value is -1.85. The van der Waals surface area contributed by atoms with Crippen molar-refractivity contribution in [1.82, 2.24) is 10.2 Å². The summed E-state index contributed by atoms with van der Waals surface area (Å²) in [6.07, 6.45) is 9.00. The van der Waals surface area contributed by atoms with Crippen LogP contribution >= 0.6 is 0 Å². The van der Waals surface area contributed by atoms with Gasteiger partial charge in [-0.15, -0.1) is 0 Å². The minimum absolute atomic E-state index is 0.200. The number of hydrogen-bond donors (Lipinski definition) is 1. The van der Waals surface area contributed by atoms with Gasteiger partial charge < -0.3 is 19.7 Å². The fourth-order valence-corrected chi connectivity index (χ4v) is 4.99. The molecule has 1 aliphatic carbocycles. The number of allylic oxidation sites excluding steroid dienone is 1. The van der Waals surface area contributed by atoms with Gasteiger partial charge in [0, 0.05) is 32.8 Å². The predicted octanol–water partition coefficient (Wildman–Crippen LogP) is 3.19. The maximum Gasteiger partial charge on any atom is 0.229 e. The minimum atomic E-state index is -0.346. The highest BCUT2D eigenvalue weighted by atomic mass is 16.5. The van der Waals surface area contributed by atoms with Crippen LogP contribution in [-0.4, -0.2) is 57.3 Å². The molecule has 2 heterocycles. The van der Waals surface area contributed by atoms with Crippen molar-refractivity contribution in [3.8, 4) is 5.75 Å². The fourth-order valence-electron chi connectivity index (χ4n) is 4.99. The summed E-state index contributed by atoms with van der Waals surface area (Å²) in [6, 6.07) is 8.14. The smallest absolute Gasteiger partial charge is 0.229 e. The number of benzene rings is 1. The topological polar surface area (TPSA) is 50.8 Å². The molecular formula is C24H34N2O3. The molecule has 1 N–H and O–H groups in total. The van der Waals surface area contributed by atoms with Gasteiger partial charge in [-0.3, -0.25) is 4.79 Å². The number of carbonyl (C=O) groups is 1. The quantitative estimate of drug-likeness (QED) is 0.684. The molecule has 4 rings (SSSR count). The number of ether oxygens (including phenoxy) is 2. The Kier molecular flexibility index (Phi) is 6.56. The van der Waals surface area contributed by atoms with Crippen molar-refractivity contribution in [3.63, 3.8) is 0 Å². The summed E-state index contributed by atoms with van der Waals surface area (Å²) < 4.78 is 10.9. The Morgan fingerprint density at radius 2 is 2.24 bits per heavy atom. The van der Waals surface area contributed by atoms with E-state index in [2.05, 4.69) is 28.4 Å². The maximum atomic E-state index is 13.3. The molecule has 0 aromatic heterocycles. The molecule has 1 atom stereocenters. The van der Waals surface area contributed by atoms with Gasteiger partial charge in [0.25, 0.3) is 0 Å². The van der Waals surface area contributed by atoms with Crippen LogP contribution in [0.3, 0.4) is 0 Å². The molecule has 2 fully saturated rings. The van der Waals surface area contributed by atoms with Crippen molar-refractivity contribution in [2.24, 2.45) is 11.3 Å². The van der Waals surface area contributed by atoms with Gasteiger partial charge in [0.15, 0.2) is 0 Å². The first-order chi connectivity index (χ1) is 14.2. The van der Waals surface area contributed by atoms with Gasteiger partial charge in [-0.1, -0.05) is 23.8 Å². The van der Waals surface area contributed by atoms with Gasteiger partial charge in [-0.05, 0) is 62.1 Å². The van der Waals surface area contributed by atoms with Gasteiger partial charge in [0.05, 0.1) is 19.1 Å². The molecule has 1 aromatic rings. The van der Waals surface area contributed by atoms with Crippen LogP contribution in [0.4, 0.5) is 0 Å². The lowest BCUT2D eigenvalue weighted by Gasteiger charge is -2.50. The second-order valence-corrected chi connectivity index (χ2v) is 9.00. The minimum Gasteiger partial charge on any atom is -0.497 e. The molecule has 29 heavy (non-hydrogen) atoms. The standard InChI is InChI=1S/C24H34N2O3/c1-28-22-9-5-8-20(12-22)13-24(17-26(18-24)15-21-10-11-29-16-21)23(27)25-14-19-6-3-2-4-7-19/h5-6,8-9,12,21H,2-4,7,10-11,13-18H2,1H3,(H,25,27). The third kappa shape index (κ3) is 5.01. The van der Waals surface area contributed by atoms with Crippen molar-refractivity contribution in [2.45, 2.75) is 38.5 Å². The van der Waals surface area contributed by atoms with Gasteiger partial charge in [0.2, 0.25) is 5.91 Å². The summed E-state index contributed by atoms with van der Waals surface area (Å²) >= 11 is 0. The van der Waals surface area contributed by atoms with Crippen molar-refractivity contribution < 1.29 is 14.3 Å². The average Bonchev–Trinajstić information content (AvgIpc) is 3.24. The largest absolute Gasteiger partial charge is 0.497 e. The van der Waals surface area contributed by atoms with E-state index in [1.165, 1.54) is 24.0 Å². The molecule has 1 unspecified atom stereocenters. The molecule has 158 valence electrons. The second kappa shape index (κ2) is 9.31. The van der Waals surface area contributed by atoms with Crippen molar-refractivity contribution in [1.29, 1.82) is 0 Å². The van der Waals surface area contributed by atoms with E-state index in [-0.39, 0.29) is 11.3 Å². The monoisotopic (exact) mass is 398 g/mol. The molecule has 2 saturated heterocycles. The molecule has 0 spiro atoms. The number of hydrogen-bond acceptors (Lipinski definition) is 4. The van der Waals surface area contributed by atoms with Crippen LogP contribution in [-0.2, 0) is 16.0 Å². The number of rotatable bonds is 8. The zero-order valence-corrected chi connectivity index (χ0v) is 17.6. The summed E-state index contributed by atoms with van der Waals surface area (Å²) in [4.78, 5) is 15.7. The van der Waals surface area contributed by atoms with Crippen LogP contribution in [0.25, 0.3) is 0 Å². The number of nitrogens with zero attached hydrogens (tertiary/aromatic N) is 1. The molecule has 1 aromatic carbocycles. The molecule has 0 saturated carbocycles. The second-order valence-electron chi connectivity index (χ2n) is 9.00. The number of carbonyl (C=O) groups excluding carboxylic acids is 1. The normalized spacial score (nSPS) is 23.9. The van der Waals surface area contributed by atoms with Gasteiger partial charge >= 0.3 is 0 Å². The van der Waals surface area contributed by atoms with E-state index in [9.17, 15) is 4.79 Å². The first kappa shape index (κ1) is 20.4. The lowest BCUT2D eigenvalue weighted by atomic mass is 9.73. The maximum absolute atomic E-state index is 13.3. The van der Waals surface area contributed by atoms with Crippen LogP contribution in [0.15, 0.2) is 35.9 Å². The molecule has 2 aliphatic heterocycles. The summed E-state index contributed by atoms with van der Waals surface area (Å²) in [5, 5.41) is 3.27. The van der Waals surface area contributed by atoms with Crippen LogP contribution in [0, 0.1) is 11.3 Å². The van der Waals surface area contributed by atoms with Crippen LogP contribution in [0.5, 0.6) is 5.75 Å². The highest BCUT2D eigenvalue weighted by molar-refractivity contribution is 5.85. The highest BCUT2D eigenvalue weighted by Crippen LogP contribution is 2.36. The number of methoxy groups -OCH3 is 1. The Balaban J connectivity index is 1.41. The zero-order chi connectivity index (χ0) is 20.1. The molecule has 0 radical (unpaired) electrons. The van der Waals surface area contributed by atoms with Gasteiger partial charge in [-0.25, -0.2) is 0 Å². The fraction of sp³-hybridized carbons (Fsp3) is 0.625. The average molecular weight is 399 g/mol. The molecule has 1 amide bonds. The van der Waals surface area contributed by atoms with E-state index in [4.69, 9.17) is 9.47 Å². The summed E-state index contributed by atoms with van der Waals surface area (Å²) in [7, 11) is 1.69. The molecule has 3 aliphatic rings. The third-order valence-corrected chi connectivity index (χ3v) is 6.61. The first-order valence-corrected chi connectivity index (χ1v) is 11.1. The van der Waals surface area contributed by atoms with Crippen molar-refractivity contribution in [2.75, 3.05) is 46.5 Å². The van der Waals surface area contributed by atoms with Crippen molar-refractivity contribution in [3.05, 3.63) is 41.5 Å². The van der Waals surface area contributed by atoms with E-state index in [1.54, 1.807) is 7.11 Å². The molecule has 0 bridgehead atoms. The first-order valence-electron chi connectivity index (χ1n) is 11.1.